The number of aliphatic hydroxyl groups excluding tert-OH is 1. The van der Waals surface area contributed by atoms with Gasteiger partial charge in [-0.2, -0.15) is 0 Å². The first kappa shape index (κ1) is 36.0. The van der Waals surface area contributed by atoms with Crippen molar-refractivity contribution in [2.75, 3.05) is 0 Å². The van der Waals surface area contributed by atoms with Gasteiger partial charge in [0.05, 0.1) is 13.8 Å². The van der Waals surface area contributed by atoms with E-state index in [4.69, 9.17) is 0 Å². The van der Waals surface area contributed by atoms with Crippen LogP contribution < -0.4 is 5.19 Å². The van der Waals surface area contributed by atoms with E-state index in [1.54, 1.807) is 0 Å². The van der Waals surface area contributed by atoms with Crippen molar-refractivity contribution in [3.05, 3.63) is 72.1 Å². The van der Waals surface area contributed by atoms with Gasteiger partial charge in [0.1, 0.15) is 0 Å². The van der Waals surface area contributed by atoms with Crippen LogP contribution in [-0.2, 0) is 30.3 Å². The summed E-state index contributed by atoms with van der Waals surface area (Å²) in [5, 5.41) is 13.6. The minimum absolute atomic E-state index is 0. The molecule has 0 fully saturated rings. The smallest absolute Gasteiger partial charge is 0.162 e. The fraction of sp³-hybridized carbons (Fsp3) is 0.486. The van der Waals surface area contributed by atoms with Gasteiger partial charge in [-0.25, -0.2) is 0 Å². The van der Waals surface area contributed by atoms with Crippen molar-refractivity contribution in [3.8, 4) is 11.3 Å². The fourth-order valence-corrected chi connectivity index (χ4v) is 5.96. The van der Waals surface area contributed by atoms with Crippen molar-refractivity contribution >= 4 is 29.8 Å². The van der Waals surface area contributed by atoms with E-state index in [1.807, 2.05) is 33.9 Å². The topological polar surface area (TPSA) is 50.2 Å². The molecular weight excluding hydrogens is 687 g/mol. The summed E-state index contributed by atoms with van der Waals surface area (Å²) in [4.78, 5) is 16.4. The second-order valence-electron chi connectivity index (χ2n) is 12.6. The van der Waals surface area contributed by atoms with Crippen LogP contribution in [-0.4, -0.2) is 23.9 Å². The van der Waals surface area contributed by atoms with Gasteiger partial charge in [0.15, 0.2) is 5.78 Å². The summed E-state index contributed by atoms with van der Waals surface area (Å²) in [6, 6.07) is 18.8. The Hall–Kier alpha value is -2.07. The molecule has 3 rings (SSSR count). The maximum absolute atomic E-state index is 11.7. The van der Waals surface area contributed by atoms with Gasteiger partial charge >= 0.3 is 0 Å². The first-order valence-corrected chi connectivity index (χ1v) is 18.1. The summed E-state index contributed by atoms with van der Waals surface area (Å²) in [5.41, 5.74) is 3.57. The van der Waals surface area contributed by atoms with Crippen LogP contribution in [0.15, 0.2) is 60.5 Å². The van der Waals surface area contributed by atoms with Crippen LogP contribution in [0.25, 0.3) is 22.0 Å². The Morgan fingerprint density at radius 3 is 2.05 bits per heavy atom. The Morgan fingerprint density at radius 1 is 0.950 bits per heavy atom. The number of aromatic nitrogens is 1. The number of ketones is 1. The summed E-state index contributed by atoms with van der Waals surface area (Å²) in [7, 11) is -1.36. The first-order valence-electron chi connectivity index (χ1n) is 14.6. The molecule has 40 heavy (non-hydrogen) atoms. The standard InChI is InChI=1S/C22H26NSi.C13H24O2.Ir/c1-22(2,3)20-14-17(13-16-9-7-8-10-19(16)20)21-15-18(11-12-23-21)24(4,5)6;1-5-10(6-2)12(14)9-13(15)11(7-3)8-4;/h7-12,14-15H,1-6H3;9-11,14H,5-8H2,1-4H3;/q-1;;/b;12-9-;. The average Bonchev–Trinajstić information content (AvgIpc) is 2.89. The predicted molar refractivity (Wildman–Crippen MR) is 172 cm³/mol. The van der Waals surface area contributed by atoms with Crippen LogP contribution >= 0.6 is 0 Å². The predicted octanol–water partition coefficient (Wildman–Crippen LogP) is 9.41. The molecule has 0 aliphatic heterocycles. The third-order valence-electron chi connectivity index (χ3n) is 7.57. The zero-order chi connectivity index (χ0) is 29.4. The fourth-order valence-electron chi connectivity index (χ4n) is 4.81. The van der Waals surface area contributed by atoms with Crippen LogP contribution in [0.2, 0.25) is 19.6 Å². The van der Waals surface area contributed by atoms with Gasteiger partial charge in [0.2, 0.25) is 0 Å². The molecule has 0 saturated heterocycles. The van der Waals surface area contributed by atoms with Crippen molar-refractivity contribution < 1.29 is 30.0 Å². The zero-order valence-corrected chi connectivity index (χ0v) is 29.7. The van der Waals surface area contributed by atoms with Gasteiger partial charge in [-0.1, -0.05) is 109 Å². The number of carbonyl (C=O) groups is 1. The van der Waals surface area contributed by atoms with E-state index in [9.17, 15) is 9.90 Å². The van der Waals surface area contributed by atoms with Crippen molar-refractivity contribution in [1.29, 1.82) is 0 Å². The number of nitrogens with zero attached hydrogens (tertiary/aromatic N) is 1. The summed E-state index contributed by atoms with van der Waals surface area (Å²) in [6.07, 6.45) is 6.85. The van der Waals surface area contributed by atoms with E-state index < -0.39 is 8.07 Å². The van der Waals surface area contributed by atoms with E-state index in [0.29, 0.717) is 0 Å². The molecule has 1 heterocycles. The number of allylic oxidation sites excluding steroid dienone is 2. The Morgan fingerprint density at radius 2 is 1.52 bits per heavy atom. The number of carbonyl (C=O) groups excluding carboxylic acids is 1. The molecule has 0 atom stereocenters. The van der Waals surface area contributed by atoms with Crippen molar-refractivity contribution in [2.45, 2.75) is 99.2 Å². The van der Waals surface area contributed by atoms with Crippen LogP contribution in [0.1, 0.15) is 79.7 Å². The normalized spacial score (nSPS) is 12.2. The molecule has 0 amide bonds. The monoisotopic (exact) mass is 737 g/mol. The molecule has 0 spiro atoms. The molecular formula is C35H50IrNO2Si-. The Kier molecular flexibility index (Phi) is 14.2. The van der Waals surface area contributed by atoms with Crippen LogP contribution in [0.5, 0.6) is 0 Å². The third kappa shape index (κ3) is 9.78. The van der Waals surface area contributed by atoms with E-state index in [1.165, 1.54) is 27.6 Å². The summed E-state index contributed by atoms with van der Waals surface area (Å²) >= 11 is 0. The number of pyridine rings is 1. The van der Waals surface area contributed by atoms with Gasteiger partial charge in [-0.05, 0) is 37.2 Å². The summed E-state index contributed by atoms with van der Waals surface area (Å²) < 4.78 is 0. The molecule has 3 aromatic rings. The third-order valence-corrected chi connectivity index (χ3v) is 9.61. The minimum atomic E-state index is -1.36. The van der Waals surface area contributed by atoms with Crippen molar-refractivity contribution in [3.63, 3.8) is 0 Å². The molecule has 0 aliphatic rings. The zero-order valence-electron chi connectivity index (χ0n) is 26.3. The molecule has 3 nitrogen and oxygen atoms in total. The SMILES string of the molecule is CC(C)(C)c1cc(-c2cc([Si](C)(C)C)ccn2)[c-]c2ccccc12.CCC(CC)C(=O)/C=C(\O)C(CC)CC.[Ir]. The van der Waals surface area contributed by atoms with Gasteiger partial charge in [-0.3, -0.25) is 9.78 Å². The molecule has 1 aromatic heterocycles. The molecule has 1 radical (unpaired) electrons. The second kappa shape index (κ2) is 15.8. The molecule has 0 saturated carbocycles. The number of fused-ring (bicyclic) bond motifs is 1. The van der Waals surface area contributed by atoms with E-state index >= 15 is 0 Å². The summed E-state index contributed by atoms with van der Waals surface area (Å²) in [6.45, 7) is 22.0. The van der Waals surface area contributed by atoms with E-state index in [-0.39, 0.29) is 48.9 Å². The Balaban J connectivity index is 0.000000437. The molecule has 0 aliphatic carbocycles. The minimum Gasteiger partial charge on any atom is -0.512 e. The van der Waals surface area contributed by atoms with Crippen LogP contribution in [0, 0.1) is 17.9 Å². The maximum atomic E-state index is 11.7. The number of aliphatic hydroxyl groups is 1. The van der Waals surface area contributed by atoms with Crippen molar-refractivity contribution in [2.24, 2.45) is 11.8 Å². The van der Waals surface area contributed by atoms with Gasteiger partial charge in [-0.15, -0.1) is 29.1 Å². The number of rotatable bonds is 9. The maximum Gasteiger partial charge on any atom is 0.162 e. The molecule has 1 N–H and O–H groups in total. The molecule has 0 bridgehead atoms. The van der Waals surface area contributed by atoms with Crippen molar-refractivity contribution in [1.82, 2.24) is 4.98 Å². The van der Waals surface area contributed by atoms with Crippen LogP contribution in [0.3, 0.4) is 0 Å². The Bertz CT molecular complexity index is 1260. The van der Waals surface area contributed by atoms with Crippen LogP contribution in [0.4, 0.5) is 0 Å². The second-order valence-corrected chi connectivity index (χ2v) is 17.6. The summed E-state index contributed by atoms with van der Waals surface area (Å²) in [5.74, 6) is 0.547. The molecule has 5 heteroatoms. The first-order chi connectivity index (χ1) is 18.3. The molecule has 221 valence electrons. The van der Waals surface area contributed by atoms with Gasteiger partial charge in [0.25, 0.3) is 0 Å². The number of hydrogen-bond acceptors (Lipinski definition) is 3. The largest absolute Gasteiger partial charge is 0.512 e. The molecule has 2 aromatic carbocycles. The van der Waals surface area contributed by atoms with E-state index in [0.717, 1.165) is 36.9 Å². The number of benzene rings is 2. The quantitative estimate of drug-likeness (QED) is 0.103. The van der Waals surface area contributed by atoms with Gasteiger partial charge in [0, 0.05) is 49.9 Å². The molecule has 0 unspecified atom stereocenters. The van der Waals surface area contributed by atoms with E-state index in [2.05, 4.69) is 93.9 Å². The Labute approximate surface area is 258 Å². The van der Waals surface area contributed by atoms with Gasteiger partial charge < -0.3 is 5.11 Å². The average molecular weight is 737 g/mol. The number of hydrogen-bond donors (Lipinski definition) is 1.